The van der Waals surface area contributed by atoms with Gasteiger partial charge >= 0.3 is 0 Å². The van der Waals surface area contributed by atoms with Gasteiger partial charge in [0.1, 0.15) is 0 Å². The summed E-state index contributed by atoms with van der Waals surface area (Å²) in [5, 5.41) is 6.17. The minimum absolute atomic E-state index is 0. The number of carbonyl (C=O) groups is 1. The average Bonchev–Trinajstić information content (AvgIpc) is 2.54. The number of carbonyl (C=O) groups excluding carboxylic acids is 1. The van der Waals surface area contributed by atoms with Crippen LogP contribution >= 0.6 is 12.4 Å². The molecule has 0 aromatic heterocycles. The highest BCUT2D eigenvalue weighted by molar-refractivity contribution is 7.89. The molecule has 1 aromatic rings. The first kappa shape index (κ1) is 20.9. The van der Waals surface area contributed by atoms with Crippen LogP contribution < -0.4 is 10.6 Å². The molecule has 1 aliphatic rings. The van der Waals surface area contributed by atoms with Gasteiger partial charge in [-0.2, -0.15) is 4.31 Å². The molecule has 24 heavy (non-hydrogen) atoms. The molecule has 2 N–H and O–H groups in total. The van der Waals surface area contributed by atoms with E-state index >= 15 is 0 Å². The van der Waals surface area contributed by atoms with Crippen LogP contribution in [0.5, 0.6) is 0 Å². The van der Waals surface area contributed by atoms with E-state index < -0.39 is 10.0 Å². The van der Waals surface area contributed by atoms with Crippen LogP contribution in [-0.4, -0.2) is 51.9 Å². The minimum atomic E-state index is -3.63. The molecule has 0 radical (unpaired) electrons. The molecule has 0 saturated carbocycles. The van der Waals surface area contributed by atoms with Gasteiger partial charge in [-0.15, -0.1) is 12.4 Å². The molecule has 1 fully saturated rings. The van der Waals surface area contributed by atoms with Crippen molar-refractivity contribution in [1.82, 2.24) is 14.9 Å². The summed E-state index contributed by atoms with van der Waals surface area (Å²) in [5.41, 5.74) is 0.0811. The molecule has 8 heteroatoms. The molecule has 0 unspecified atom stereocenters. The summed E-state index contributed by atoms with van der Waals surface area (Å²) in [6.07, 6.45) is 2.01. The van der Waals surface area contributed by atoms with Crippen LogP contribution in [0.1, 0.15) is 19.8 Å². The van der Waals surface area contributed by atoms with Crippen LogP contribution in [-0.2, 0) is 14.8 Å². The summed E-state index contributed by atoms with van der Waals surface area (Å²) in [7, 11) is -2.21. The standard InChI is InChI=1S/C16H25N3O3S.ClH/c1-16(8-10-17-11-9-16)13-18-15(20)12-19(2)23(21,22)14-6-4-3-5-7-14;/h3-7,17H,8-13H2,1-2H3,(H,18,20);1H. The van der Waals surface area contributed by atoms with Crippen molar-refractivity contribution in [1.29, 1.82) is 0 Å². The molecule has 6 nitrogen and oxygen atoms in total. The van der Waals surface area contributed by atoms with Gasteiger partial charge in [0, 0.05) is 13.6 Å². The van der Waals surface area contributed by atoms with Gasteiger partial charge in [-0.05, 0) is 43.5 Å². The first-order valence-corrected chi connectivity index (χ1v) is 9.26. The summed E-state index contributed by atoms with van der Waals surface area (Å²) in [5.74, 6) is -0.272. The van der Waals surface area contributed by atoms with E-state index in [1.165, 1.54) is 19.2 Å². The Bertz CT molecular complexity index is 631. The predicted octanol–water partition coefficient (Wildman–Crippen LogP) is 1.23. The van der Waals surface area contributed by atoms with E-state index in [-0.39, 0.29) is 35.2 Å². The van der Waals surface area contributed by atoms with E-state index in [4.69, 9.17) is 0 Å². The van der Waals surface area contributed by atoms with Crippen LogP contribution in [0.2, 0.25) is 0 Å². The average molecular weight is 376 g/mol. The number of hydrogen-bond acceptors (Lipinski definition) is 4. The highest BCUT2D eigenvalue weighted by Crippen LogP contribution is 2.26. The highest BCUT2D eigenvalue weighted by atomic mass is 35.5. The Morgan fingerprint density at radius 1 is 1.25 bits per heavy atom. The quantitative estimate of drug-likeness (QED) is 0.784. The van der Waals surface area contributed by atoms with Crippen molar-refractivity contribution < 1.29 is 13.2 Å². The molecule has 0 spiro atoms. The number of piperidine rings is 1. The topological polar surface area (TPSA) is 78.5 Å². The summed E-state index contributed by atoms with van der Waals surface area (Å²) in [6, 6.07) is 8.14. The second-order valence-electron chi connectivity index (χ2n) is 6.41. The fourth-order valence-corrected chi connectivity index (χ4v) is 3.78. The summed E-state index contributed by atoms with van der Waals surface area (Å²) >= 11 is 0. The number of nitrogens with zero attached hydrogens (tertiary/aromatic N) is 1. The van der Waals surface area contributed by atoms with E-state index in [0.717, 1.165) is 30.2 Å². The molecule has 1 saturated heterocycles. The highest BCUT2D eigenvalue weighted by Gasteiger charge is 2.28. The maximum Gasteiger partial charge on any atom is 0.243 e. The van der Waals surface area contributed by atoms with Crippen LogP contribution in [0.4, 0.5) is 0 Å². The van der Waals surface area contributed by atoms with Gasteiger partial charge in [-0.3, -0.25) is 4.79 Å². The first-order chi connectivity index (χ1) is 10.8. The van der Waals surface area contributed by atoms with E-state index in [2.05, 4.69) is 17.6 Å². The molecule has 0 bridgehead atoms. The molecule has 1 heterocycles. The zero-order chi connectivity index (χ0) is 16.9. The number of sulfonamides is 1. The van der Waals surface area contributed by atoms with Gasteiger partial charge in [0.15, 0.2) is 0 Å². The lowest BCUT2D eigenvalue weighted by Gasteiger charge is -2.34. The van der Waals surface area contributed by atoms with Crippen molar-refractivity contribution in [2.45, 2.75) is 24.7 Å². The van der Waals surface area contributed by atoms with Crippen molar-refractivity contribution >= 4 is 28.3 Å². The Kier molecular flexibility index (Phi) is 7.66. The number of nitrogens with one attached hydrogen (secondary N) is 2. The number of halogens is 1. The summed E-state index contributed by atoms with van der Waals surface area (Å²) in [6.45, 7) is 4.46. The fraction of sp³-hybridized carbons (Fsp3) is 0.562. The second-order valence-corrected chi connectivity index (χ2v) is 8.46. The predicted molar refractivity (Wildman–Crippen MR) is 96.7 cm³/mol. The van der Waals surface area contributed by atoms with Gasteiger partial charge in [0.05, 0.1) is 11.4 Å². The number of hydrogen-bond donors (Lipinski definition) is 2. The van der Waals surface area contributed by atoms with E-state index in [1.807, 2.05) is 0 Å². The van der Waals surface area contributed by atoms with Crippen LogP contribution in [0, 0.1) is 5.41 Å². The second kappa shape index (κ2) is 8.80. The number of amides is 1. The van der Waals surface area contributed by atoms with Crippen molar-refractivity contribution in [2.24, 2.45) is 5.41 Å². The lowest BCUT2D eigenvalue weighted by atomic mass is 9.81. The molecule has 1 amide bonds. The Hall–Kier alpha value is -1.15. The van der Waals surface area contributed by atoms with Crippen molar-refractivity contribution in [2.75, 3.05) is 33.2 Å². The molecule has 136 valence electrons. The Labute approximate surface area is 150 Å². The largest absolute Gasteiger partial charge is 0.354 e. The lowest BCUT2D eigenvalue weighted by molar-refractivity contribution is -0.121. The third-order valence-electron chi connectivity index (χ3n) is 4.34. The van der Waals surface area contributed by atoms with Crippen LogP contribution in [0.3, 0.4) is 0 Å². The van der Waals surface area contributed by atoms with Gasteiger partial charge in [-0.25, -0.2) is 8.42 Å². The van der Waals surface area contributed by atoms with Crippen LogP contribution in [0.15, 0.2) is 35.2 Å². The monoisotopic (exact) mass is 375 g/mol. The number of likely N-dealkylation sites (N-methyl/N-ethyl adjacent to an activating group) is 1. The third kappa shape index (κ3) is 5.44. The minimum Gasteiger partial charge on any atom is -0.354 e. The van der Waals surface area contributed by atoms with Gasteiger partial charge in [-0.1, -0.05) is 25.1 Å². The summed E-state index contributed by atoms with van der Waals surface area (Å²) in [4.78, 5) is 12.3. The molecule has 0 aliphatic carbocycles. The SMILES string of the molecule is CN(CC(=O)NCC1(C)CCNCC1)S(=O)(=O)c1ccccc1.Cl. The zero-order valence-corrected chi connectivity index (χ0v) is 15.8. The normalized spacial score (nSPS) is 17.1. The first-order valence-electron chi connectivity index (χ1n) is 7.82. The smallest absolute Gasteiger partial charge is 0.243 e. The maximum absolute atomic E-state index is 12.4. The van der Waals surface area contributed by atoms with E-state index in [0.29, 0.717) is 6.54 Å². The Morgan fingerprint density at radius 2 is 1.83 bits per heavy atom. The molecular formula is C16H26ClN3O3S. The van der Waals surface area contributed by atoms with E-state index in [1.54, 1.807) is 18.2 Å². The molecule has 0 atom stereocenters. The summed E-state index contributed by atoms with van der Waals surface area (Å²) < 4.78 is 25.8. The maximum atomic E-state index is 12.4. The van der Waals surface area contributed by atoms with Crippen LogP contribution in [0.25, 0.3) is 0 Å². The van der Waals surface area contributed by atoms with Gasteiger partial charge in [0.2, 0.25) is 15.9 Å². The number of rotatable bonds is 6. The Balaban J connectivity index is 0.00000288. The zero-order valence-electron chi connectivity index (χ0n) is 14.1. The van der Waals surface area contributed by atoms with E-state index in [9.17, 15) is 13.2 Å². The van der Waals surface area contributed by atoms with Crippen molar-refractivity contribution in [3.8, 4) is 0 Å². The lowest BCUT2D eigenvalue weighted by Crippen LogP contribution is -2.45. The van der Waals surface area contributed by atoms with Crippen molar-refractivity contribution in [3.05, 3.63) is 30.3 Å². The third-order valence-corrected chi connectivity index (χ3v) is 6.16. The van der Waals surface area contributed by atoms with Gasteiger partial charge in [0.25, 0.3) is 0 Å². The number of benzene rings is 1. The molecule has 2 rings (SSSR count). The molecule has 1 aromatic carbocycles. The van der Waals surface area contributed by atoms with Gasteiger partial charge < -0.3 is 10.6 Å². The Morgan fingerprint density at radius 3 is 2.42 bits per heavy atom. The fourth-order valence-electron chi connectivity index (χ4n) is 2.63. The van der Waals surface area contributed by atoms with Crippen molar-refractivity contribution in [3.63, 3.8) is 0 Å². The molecule has 1 aliphatic heterocycles. The molecular weight excluding hydrogens is 350 g/mol.